The van der Waals surface area contributed by atoms with Crippen LogP contribution >= 0.6 is 0 Å². The lowest BCUT2D eigenvalue weighted by atomic mass is 10.1. The van der Waals surface area contributed by atoms with Crippen LogP contribution in [0.3, 0.4) is 0 Å². The lowest BCUT2D eigenvalue weighted by Gasteiger charge is -2.38. The number of aryl methyl sites for hydroxylation is 1. The van der Waals surface area contributed by atoms with E-state index in [1.165, 1.54) is 7.11 Å². The number of amides is 1. The summed E-state index contributed by atoms with van der Waals surface area (Å²) < 4.78 is 4.67. The molecule has 0 bridgehead atoms. The van der Waals surface area contributed by atoms with Gasteiger partial charge in [0, 0.05) is 25.7 Å². The quantitative estimate of drug-likeness (QED) is 0.916. The van der Waals surface area contributed by atoms with Gasteiger partial charge in [-0.1, -0.05) is 18.2 Å². The maximum Gasteiger partial charge on any atom is 0.409 e. The highest BCUT2D eigenvalue weighted by atomic mass is 16.5. The zero-order valence-corrected chi connectivity index (χ0v) is 12.7. The zero-order chi connectivity index (χ0) is 15.5. The van der Waals surface area contributed by atoms with E-state index < -0.39 is 0 Å². The number of methoxy groups -OCH3 is 1. The number of likely N-dealkylation sites (tertiary alicyclic amines) is 1. The molecule has 0 spiro atoms. The number of nitrogens with one attached hydrogen (secondary N) is 1. The summed E-state index contributed by atoms with van der Waals surface area (Å²) >= 11 is 0. The summed E-state index contributed by atoms with van der Waals surface area (Å²) in [5.41, 5.74) is 2.76. The predicted molar refractivity (Wildman–Crippen MR) is 80.7 cm³/mol. The molecular weight excluding hydrogens is 282 g/mol. The molecule has 0 saturated carbocycles. The number of nitrogens with zero attached hydrogens (tertiary/aromatic N) is 4. The highest BCUT2D eigenvalue weighted by molar-refractivity contribution is 5.68. The maximum atomic E-state index is 11.3. The number of hydrogen-bond donors (Lipinski definition) is 1. The van der Waals surface area contributed by atoms with E-state index in [1.807, 2.05) is 37.3 Å². The second kappa shape index (κ2) is 6.15. The van der Waals surface area contributed by atoms with Gasteiger partial charge in [0.2, 0.25) is 0 Å². The van der Waals surface area contributed by atoms with E-state index in [-0.39, 0.29) is 12.1 Å². The summed E-state index contributed by atoms with van der Waals surface area (Å²) in [7, 11) is 1.40. The first-order chi connectivity index (χ1) is 10.7. The van der Waals surface area contributed by atoms with Crippen LogP contribution in [-0.2, 0) is 11.3 Å². The van der Waals surface area contributed by atoms with Crippen molar-refractivity contribution in [1.82, 2.24) is 25.2 Å². The van der Waals surface area contributed by atoms with Gasteiger partial charge in [-0.2, -0.15) is 15.0 Å². The molecule has 0 atom stereocenters. The molecule has 0 aliphatic carbocycles. The van der Waals surface area contributed by atoms with Crippen LogP contribution in [0.25, 0.3) is 5.69 Å². The van der Waals surface area contributed by atoms with Gasteiger partial charge in [0.1, 0.15) is 0 Å². The summed E-state index contributed by atoms with van der Waals surface area (Å²) in [6.07, 6.45) is -0.274. The summed E-state index contributed by atoms with van der Waals surface area (Å²) in [5, 5.41) is 12.3. The number of hydrogen-bond acceptors (Lipinski definition) is 5. The second-order valence-corrected chi connectivity index (χ2v) is 5.31. The second-order valence-electron chi connectivity index (χ2n) is 5.31. The average molecular weight is 301 g/mol. The number of carbonyl (C=O) groups excluding carboxylic acids is 1. The first-order valence-electron chi connectivity index (χ1n) is 7.22. The van der Waals surface area contributed by atoms with Crippen LogP contribution < -0.4 is 5.32 Å². The molecular formula is C15H19N5O2. The van der Waals surface area contributed by atoms with Crippen molar-refractivity contribution in [3.63, 3.8) is 0 Å². The van der Waals surface area contributed by atoms with Crippen molar-refractivity contribution in [3.8, 4) is 5.69 Å². The minimum absolute atomic E-state index is 0.274. The van der Waals surface area contributed by atoms with Crippen LogP contribution in [0.15, 0.2) is 30.3 Å². The Kier molecular flexibility index (Phi) is 4.06. The zero-order valence-electron chi connectivity index (χ0n) is 12.7. The van der Waals surface area contributed by atoms with Crippen LogP contribution in [0.2, 0.25) is 0 Å². The Balaban J connectivity index is 1.56. The average Bonchev–Trinajstić information content (AvgIpc) is 2.87. The molecule has 1 aliphatic rings. The summed E-state index contributed by atoms with van der Waals surface area (Å²) in [6, 6.07) is 10.1. The molecule has 1 amide bonds. The van der Waals surface area contributed by atoms with E-state index in [2.05, 4.69) is 20.3 Å². The number of rotatable bonds is 4. The van der Waals surface area contributed by atoms with Gasteiger partial charge in [0.15, 0.2) is 0 Å². The topological polar surface area (TPSA) is 72.3 Å². The number of benzene rings is 1. The number of aromatic nitrogens is 3. The summed E-state index contributed by atoms with van der Waals surface area (Å²) in [6.45, 7) is 3.92. The lowest BCUT2D eigenvalue weighted by molar-refractivity contribution is 0.0798. The molecule has 1 aromatic heterocycles. The number of ether oxygens (including phenoxy) is 1. The third-order valence-electron chi connectivity index (χ3n) is 3.74. The highest BCUT2D eigenvalue weighted by Gasteiger charge is 2.31. The number of carbonyl (C=O) groups is 1. The Labute approximate surface area is 128 Å². The fourth-order valence-electron chi connectivity index (χ4n) is 2.38. The molecule has 1 saturated heterocycles. The minimum atomic E-state index is -0.274. The van der Waals surface area contributed by atoms with Gasteiger partial charge in [-0.3, -0.25) is 0 Å². The fraction of sp³-hybridized carbons (Fsp3) is 0.400. The molecule has 1 aliphatic heterocycles. The van der Waals surface area contributed by atoms with Crippen molar-refractivity contribution < 1.29 is 9.53 Å². The SMILES string of the molecule is COC(=O)N1CC(NCc2nn(-c3ccccc3)nc2C)C1. The maximum absolute atomic E-state index is 11.3. The Morgan fingerprint density at radius 3 is 2.73 bits per heavy atom. The minimum Gasteiger partial charge on any atom is -0.453 e. The van der Waals surface area contributed by atoms with Gasteiger partial charge in [-0.25, -0.2) is 4.79 Å². The molecule has 7 nitrogen and oxygen atoms in total. The third-order valence-corrected chi connectivity index (χ3v) is 3.74. The molecule has 1 aromatic carbocycles. The monoisotopic (exact) mass is 301 g/mol. The molecule has 116 valence electrons. The lowest BCUT2D eigenvalue weighted by Crippen LogP contribution is -2.59. The van der Waals surface area contributed by atoms with Gasteiger partial charge >= 0.3 is 6.09 Å². The molecule has 2 aromatic rings. The van der Waals surface area contributed by atoms with E-state index in [9.17, 15) is 4.79 Å². The van der Waals surface area contributed by atoms with E-state index in [4.69, 9.17) is 0 Å². The van der Waals surface area contributed by atoms with Crippen LogP contribution in [0.4, 0.5) is 4.79 Å². The van der Waals surface area contributed by atoms with Gasteiger partial charge in [-0.15, -0.1) is 0 Å². The van der Waals surface area contributed by atoms with Gasteiger partial charge in [0.25, 0.3) is 0 Å². The van der Waals surface area contributed by atoms with Crippen molar-refractivity contribution >= 4 is 6.09 Å². The van der Waals surface area contributed by atoms with E-state index in [0.717, 1.165) is 17.1 Å². The predicted octanol–water partition coefficient (Wildman–Crippen LogP) is 1.12. The molecule has 22 heavy (non-hydrogen) atoms. The van der Waals surface area contributed by atoms with Crippen molar-refractivity contribution in [2.45, 2.75) is 19.5 Å². The Morgan fingerprint density at radius 1 is 1.32 bits per heavy atom. The molecule has 2 heterocycles. The molecule has 0 unspecified atom stereocenters. The number of para-hydroxylation sites is 1. The molecule has 1 N–H and O–H groups in total. The van der Waals surface area contributed by atoms with E-state index in [0.29, 0.717) is 19.6 Å². The molecule has 3 rings (SSSR count). The first-order valence-corrected chi connectivity index (χ1v) is 7.22. The standard InChI is InChI=1S/C15H19N5O2/c1-11-14(8-16-12-9-19(10-12)15(21)22-2)18-20(17-11)13-6-4-3-5-7-13/h3-7,12,16H,8-10H2,1-2H3. The van der Waals surface area contributed by atoms with Gasteiger partial charge < -0.3 is 15.0 Å². The van der Waals surface area contributed by atoms with E-state index in [1.54, 1.807) is 9.70 Å². The largest absolute Gasteiger partial charge is 0.453 e. The van der Waals surface area contributed by atoms with Crippen molar-refractivity contribution in [2.24, 2.45) is 0 Å². The summed E-state index contributed by atoms with van der Waals surface area (Å²) in [4.78, 5) is 14.6. The summed E-state index contributed by atoms with van der Waals surface area (Å²) in [5.74, 6) is 0. The smallest absolute Gasteiger partial charge is 0.409 e. The van der Waals surface area contributed by atoms with Crippen LogP contribution in [0.5, 0.6) is 0 Å². The Hall–Kier alpha value is -2.41. The Bertz CT molecular complexity index is 649. The first kappa shape index (κ1) is 14.5. The van der Waals surface area contributed by atoms with Crippen LogP contribution in [0.1, 0.15) is 11.4 Å². The van der Waals surface area contributed by atoms with Crippen molar-refractivity contribution in [3.05, 3.63) is 41.7 Å². The molecule has 0 radical (unpaired) electrons. The van der Waals surface area contributed by atoms with Crippen molar-refractivity contribution in [1.29, 1.82) is 0 Å². The normalized spacial score (nSPS) is 14.7. The molecule has 1 fully saturated rings. The van der Waals surface area contributed by atoms with Gasteiger partial charge in [-0.05, 0) is 19.1 Å². The molecule has 7 heteroatoms. The van der Waals surface area contributed by atoms with Crippen LogP contribution in [-0.4, -0.2) is 52.2 Å². The fourth-order valence-corrected chi connectivity index (χ4v) is 2.38. The highest BCUT2D eigenvalue weighted by Crippen LogP contribution is 2.11. The van der Waals surface area contributed by atoms with Crippen LogP contribution in [0, 0.1) is 6.92 Å². The van der Waals surface area contributed by atoms with Crippen molar-refractivity contribution in [2.75, 3.05) is 20.2 Å². The van der Waals surface area contributed by atoms with E-state index >= 15 is 0 Å². The van der Waals surface area contributed by atoms with Gasteiger partial charge in [0.05, 0.1) is 24.2 Å². The third kappa shape index (κ3) is 2.94. The Morgan fingerprint density at radius 2 is 2.05 bits per heavy atom.